The average Bonchev–Trinajstić information content (AvgIpc) is 2.93. The van der Waals surface area contributed by atoms with Gasteiger partial charge in [0.05, 0.1) is 6.07 Å². The van der Waals surface area contributed by atoms with Crippen molar-refractivity contribution in [2.24, 2.45) is 0 Å². The van der Waals surface area contributed by atoms with Gasteiger partial charge in [0.25, 0.3) is 0 Å². The number of nitrogens with one attached hydrogen (secondary N) is 1. The summed E-state index contributed by atoms with van der Waals surface area (Å²) >= 11 is 0. The highest BCUT2D eigenvalue weighted by molar-refractivity contribution is 4.82. The first-order chi connectivity index (χ1) is 6.34. The highest BCUT2D eigenvalue weighted by Crippen LogP contribution is 2.24. The molecule has 0 saturated heterocycles. The molecule has 74 valence electrons. The summed E-state index contributed by atoms with van der Waals surface area (Å²) in [5.74, 6) is 0. The van der Waals surface area contributed by atoms with Crippen LogP contribution in [-0.2, 0) is 0 Å². The second kappa shape index (κ2) is 5.95. The smallest absolute Gasteiger partial charge is 0.0622 e. The fraction of sp³-hybridized carbons (Fsp3) is 0.900. The van der Waals surface area contributed by atoms with Gasteiger partial charge in [0.15, 0.2) is 0 Å². The van der Waals surface area contributed by atoms with Gasteiger partial charge in [-0.1, -0.05) is 0 Å². The van der Waals surface area contributed by atoms with Gasteiger partial charge in [-0.3, -0.25) is 0 Å². The van der Waals surface area contributed by atoms with Gasteiger partial charge >= 0.3 is 0 Å². The Bertz CT molecular complexity index is 169. The standard InChI is InChI=1S/C10H19N3/c1-13(10-4-5-10)9-8-12-7-3-2-6-11/h10,12H,2-5,7-9H2,1H3. The molecule has 1 N–H and O–H groups in total. The number of unbranched alkanes of at least 4 members (excludes halogenated alkanes) is 1. The summed E-state index contributed by atoms with van der Waals surface area (Å²) < 4.78 is 0. The van der Waals surface area contributed by atoms with Gasteiger partial charge in [0.2, 0.25) is 0 Å². The molecule has 0 heterocycles. The first-order valence-corrected chi connectivity index (χ1v) is 5.12. The van der Waals surface area contributed by atoms with E-state index >= 15 is 0 Å². The predicted molar refractivity (Wildman–Crippen MR) is 53.4 cm³/mol. The Morgan fingerprint density at radius 1 is 1.46 bits per heavy atom. The molecule has 1 saturated carbocycles. The fourth-order valence-electron chi connectivity index (χ4n) is 1.37. The van der Waals surface area contributed by atoms with E-state index in [9.17, 15) is 0 Å². The Labute approximate surface area is 80.7 Å². The Morgan fingerprint density at radius 2 is 2.23 bits per heavy atom. The van der Waals surface area contributed by atoms with Crippen LogP contribution in [0.2, 0.25) is 0 Å². The molecule has 0 unspecified atom stereocenters. The van der Waals surface area contributed by atoms with E-state index in [0.717, 1.165) is 32.1 Å². The van der Waals surface area contributed by atoms with E-state index in [2.05, 4.69) is 23.3 Å². The lowest BCUT2D eigenvalue weighted by Crippen LogP contribution is -2.31. The van der Waals surface area contributed by atoms with Crippen molar-refractivity contribution in [3.63, 3.8) is 0 Å². The number of hydrogen-bond acceptors (Lipinski definition) is 3. The first kappa shape index (κ1) is 10.5. The van der Waals surface area contributed by atoms with E-state index in [4.69, 9.17) is 5.26 Å². The molecular weight excluding hydrogens is 162 g/mol. The van der Waals surface area contributed by atoms with E-state index in [1.54, 1.807) is 0 Å². The minimum Gasteiger partial charge on any atom is -0.315 e. The minimum absolute atomic E-state index is 0.672. The highest BCUT2D eigenvalue weighted by atomic mass is 15.2. The minimum atomic E-state index is 0.672. The number of rotatable bonds is 7. The predicted octanol–water partition coefficient (Wildman–Crippen LogP) is 0.974. The molecule has 0 aromatic carbocycles. The second-order valence-corrected chi connectivity index (χ2v) is 3.72. The third kappa shape index (κ3) is 4.87. The zero-order valence-electron chi connectivity index (χ0n) is 8.42. The summed E-state index contributed by atoms with van der Waals surface area (Å²) in [5.41, 5.74) is 0. The van der Waals surface area contributed by atoms with Crippen LogP contribution in [0.15, 0.2) is 0 Å². The van der Waals surface area contributed by atoms with Crippen molar-refractivity contribution in [2.45, 2.75) is 31.7 Å². The largest absolute Gasteiger partial charge is 0.315 e. The molecule has 0 spiro atoms. The van der Waals surface area contributed by atoms with Crippen molar-refractivity contribution < 1.29 is 0 Å². The first-order valence-electron chi connectivity index (χ1n) is 5.12. The summed E-state index contributed by atoms with van der Waals surface area (Å²) in [4.78, 5) is 2.41. The quantitative estimate of drug-likeness (QED) is 0.595. The van der Waals surface area contributed by atoms with Gasteiger partial charge in [-0.2, -0.15) is 5.26 Å². The monoisotopic (exact) mass is 181 g/mol. The number of hydrogen-bond donors (Lipinski definition) is 1. The fourth-order valence-corrected chi connectivity index (χ4v) is 1.37. The van der Waals surface area contributed by atoms with Crippen LogP contribution in [0.3, 0.4) is 0 Å². The van der Waals surface area contributed by atoms with Crippen LogP contribution < -0.4 is 5.32 Å². The van der Waals surface area contributed by atoms with Gasteiger partial charge in [0, 0.05) is 25.6 Å². The van der Waals surface area contributed by atoms with E-state index in [-0.39, 0.29) is 0 Å². The Morgan fingerprint density at radius 3 is 2.85 bits per heavy atom. The van der Waals surface area contributed by atoms with Crippen molar-refractivity contribution >= 4 is 0 Å². The normalized spacial score (nSPS) is 16.1. The zero-order chi connectivity index (χ0) is 9.52. The molecule has 0 radical (unpaired) electrons. The maximum Gasteiger partial charge on any atom is 0.0622 e. The number of nitriles is 1. The van der Waals surface area contributed by atoms with Crippen molar-refractivity contribution in [1.29, 1.82) is 5.26 Å². The lowest BCUT2D eigenvalue weighted by molar-refractivity contribution is 0.322. The summed E-state index contributed by atoms with van der Waals surface area (Å²) in [6, 6.07) is 3.01. The SMILES string of the molecule is CN(CCNCCCC#N)C1CC1. The Balaban J connectivity index is 1.81. The van der Waals surface area contributed by atoms with Gasteiger partial charge in [0.1, 0.15) is 0 Å². The summed E-state index contributed by atoms with van der Waals surface area (Å²) in [7, 11) is 2.19. The average molecular weight is 181 g/mol. The van der Waals surface area contributed by atoms with E-state index in [0.29, 0.717) is 6.42 Å². The van der Waals surface area contributed by atoms with Gasteiger partial charge in [-0.05, 0) is 32.9 Å². The molecule has 3 nitrogen and oxygen atoms in total. The topological polar surface area (TPSA) is 39.1 Å². The van der Waals surface area contributed by atoms with Crippen molar-refractivity contribution in [3.05, 3.63) is 0 Å². The van der Waals surface area contributed by atoms with Crippen LogP contribution in [0.25, 0.3) is 0 Å². The lowest BCUT2D eigenvalue weighted by Gasteiger charge is -2.15. The van der Waals surface area contributed by atoms with E-state index < -0.39 is 0 Å². The van der Waals surface area contributed by atoms with Crippen LogP contribution in [-0.4, -0.2) is 37.6 Å². The summed E-state index contributed by atoms with van der Waals surface area (Å²) in [6.07, 6.45) is 4.41. The second-order valence-electron chi connectivity index (χ2n) is 3.72. The van der Waals surface area contributed by atoms with Crippen molar-refractivity contribution in [1.82, 2.24) is 10.2 Å². The van der Waals surface area contributed by atoms with Crippen LogP contribution in [0.1, 0.15) is 25.7 Å². The van der Waals surface area contributed by atoms with Crippen LogP contribution in [0.5, 0.6) is 0 Å². The molecule has 0 aromatic rings. The van der Waals surface area contributed by atoms with E-state index in [1.807, 2.05) is 0 Å². The Kier molecular flexibility index (Phi) is 4.81. The molecule has 0 bridgehead atoms. The van der Waals surface area contributed by atoms with Crippen molar-refractivity contribution in [2.75, 3.05) is 26.7 Å². The van der Waals surface area contributed by atoms with E-state index in [1.165, 1.54) is 12.8 Å². The third-order valence-corrected chi connectivity index (χ3v) is 2.45. The molecule has 0 atom stereocenters. The van der Waals surface area contributed by atoms with Crippen LogP contribution >= 0.6 is 0 Å². The molecule has 0 aromatic heterocycles. The van der Waals surface area contributed by atoms with Crippen LogP contribution in [0, 0.1) is 11.3 Å². The van der Waals surface area contributed by atoms with Crippen molar-refractivity contribution in [3.8, 4) is 6.07 Å². The molecule has 13 heavy (non-hydrogen) atoms. The molecular formula is C10H19N3. The van der Waals surface area contributed by atoms with Crippen LogP contribution in [0.4, 0.5) is 0 Å². The summed E-state index contributed by atoms with van der Waals surface area (Å²) in [5, 5.41) is 11.6. The molecule has 0 aliphatic heterocycles. The van der Waals surface area contributed by atoms with Gasteiger partial charge in [-0.25, -0.2) is 0 Å². The zero-order valence-corrected chi connectivity index (χ0v) is 8.42. The maximum absolute atomic E-state index is 8.31. The van der Waals surface area contributed by atoms with Gasteiger partial charge in [-0.15, -0.1) is 0 Å². The molecule has 1 aliphatic carbocycles. The maximum atomic E-state index is 8.31. The molecule has 3 heteroatoms. The Hall–Kier alpha value is -0.590. The van der Waals surface area contributed by atoms with Gasteiger partial charge < -0.3 is 10.2 Å². The molecule has 1 rings (SSSR count). The number of likely N-dealkylation sites (N-methyl/N-ethyl adjacent to an activating group) is 1. The lowest BCUT2D eigenvalue weighted by atomic mass is 10.3. The molecule has 1 fully saturated rings. The highest BCUT2D eigenvalue weighted by Gasteiger charge is 2.25. The number of nitrogens with zero attached hydrogens (tertiary/aromatic N) is 2. The summed E-state index contributed by atoms with van der Waals surface area (Å²) in [6.45, 7) is 3.17. The molecule has 0 amide bonds. The molecule has 1 aliphatic rings. The third-order valence-electron chi connectivity index (χ3n) is 2.45.